The number of hydrogen-bond donors (Lipinski definition) is 0. The summed E-state index contributed by atoms with van der Waals surface area (Å²) in [6.45, 7) is 4.96. The van der Waals surface area contributed by atoms with Crippen LogP contribution in [0.3, 0.4) is 0 Å². The van der Waals surface area contributed by atoms with Crippen molar-refractivity contribution in [2.45, 2.75) is 20.3 Å². The molecule has 0 atom stereocenters. The van der Waals surface area contributed by atoms with Gasteiger partial charge in [0.1, 0.15) is 12.4 Å². The second-order valence-corrected chi connectivity index (χ2v) is 4.09. The molecule has 77 valence electrons. The predicted octanol–water partition coefficient (Wildman–Crippen LogP) is 3.30. The number of hydrogen-bond acceptors (Lipinski definition) is 1. The van der Waals surface area contributed by atoms with Crippen molar-refractivity contribution in [1.29, 1.82) is 0 Å². The Morgan fingerprint density at radius 3 is 2.86 bits per heavy atom. The molecule has 1 aromatic carbocycles. The van der Waals surface area contributed by atoms with E-state index in [9.17, 15) is 0 Å². The van der Waals surface area contributed by atoms with Gasteiger partial charge < -0.3 is 4.74 Å². The van der Waals surface area contributed by atoms with Crippen molar-refractivity contribution in [2.24, 2.45) is 5.92 Å². The van der Waals surface area contributed by atoms with Crippen LogP contribution in [0.25, 0.3) is 0 Å². The molecule has 0 aliphatic heterocycles. The number of alkyl halides is 1. The fraction of sp³-hybridized carbons (Fsp3) is 0.500. The molecule has 2 heteroatoms. The molecule has 0 saturated heterocycles. The standard InChI is InChI=1S/C12H16ClO/c1-10(2)8-11-4-3-5-12(9-11)14-7-6-13/h4-5,9-10H,6-8H2,1-2H3. The van der Waals surface area contributed by atoms with Gasteiger partial charge in [0.25, 0.3) is 0 Å². The number of halogens is 1. The molecule has 1 radical (unpaired) electrons. The Balaban J connectivity index is 2.59. The van der Waals surface area contributed by atoms with E-state index in [2.05, 4.69) is 26.0 Å². The van der Waals surface area contributed by atoms with E-state index in [1.807, 2.05) is 12.1 Å². The van der Waals surface area contributed by atoms with Crippen molar-refractivity contribution in [1.82, 2.24) is 0 Å². The Morgan fingerprint density at radius 1 is 1.43 bits per heavy atom. The van der Waals surface area contributed by atoms with Gasteiger partial charge in [0.05, 0.1) is 5.88 Å². The van der Waals surface area contributed by atoms with Gasteiger partial charge in [-0.1, -0.05) is 19.9 Å². The van der Waals surface area contributed by atoms with Gasteiger partial charge >= 0.3 is 0 Å². The van der Waals surface area contributed by atoms with Crippen molar-refractivity contribution in [3.8, 4) is 5.75 Å². The highest BCUT2D eigenvalue weighted by atomic mass is 35.5. The Morgan fingerprint density at radius 2 is 2.21 bits per heavy atom. The van der Waals surface area contributed by atoms with E-state index in [4.69, 9.17) is 16.3 Å². The van der Waals surface area contributed by atoms with Crippen LogP contribution < -0.4 is 4.74 Å². The third-order valence-corrected chi connectivity index (χ3v) is 1.97. The maximum absolute atomic E-state index is 5.54. The minimum absolute atomic E-state index is 0.522. The van der Waals surface area contributed by atoms with E-state index in [1.54, 1.807) is 0 Å². The molecule has 14 heavy (non-hydrogen) atoms. The third-order valence-electron chi connectivity index (χ3n) is 1.81. The van der Waals surface area contributed by atoms with Gasteiger partial charge in [-0.3, -0.25) is 0 Å². The average molecular weight is 212 g/mol. The zero-order chi connectivity index (χ0) is 10.4. The van der Waals surface area contributed by atoms with Crippen molar-refractivity contribution < 1.29 is 4.74 Å². The Hall–Kier alpha value is -0.690. The molecule has 0 aliphatic carbocycles. The minimum Gasteiger partial charge on any atom is -0.492 e. The van der Waals surface area contributed by atoms with Crippen LogP contribution in [0.1, 0.15) is 19.4 Å². The Kier molecular flexibility index (Phi) is 4.81. The monoisotopic (exact) mass is 211 g/mol. The predicted molar refractivity (Wildman–Crippen MR) is 60.0 cm³/mol. The number of ether oxygens (including phenoxy) is 1. The number of benzene rings is 1. The van der Waals surface area contributed by atoms with Crippen molar-refractivity contribution in [3.63, 3.8) is 0 Å². The number of rotatable bonds is 5. The molecule has 0 aromatic heterocycles. The fourth-order valence-corrected chi connectivity index (χ4v) is 1.40. The van der Waals surface area contributed by atoms with Crippen LogP contribution >= 0.6 is 11.6 Å². The highest BCUT2D eigenvalue weighted by molar-refractivity contribution is 6.17. The first-order chi connectivity index (χ1) is 6.72. The highest BCUT2D eigenvalue weighted by Gasteiger charge is 1.99. The van der Waals surface area contributed by atoms with E-state index in [0.29, 0.717) is 18.4 Å². The quantitative estimate of drug-likeness (QED) is 0.680. The molecular weight excluding hydrogens is 196 g/mol. The topological polar surface area (TPSA) is 9.23 Å². The van der Waals surface area contributed by atoms with E-state index < -0.39 is 0 Å². The first-order valence-corrected chi connectivity index (χ1v) is 5.44. The molecule has 0 N–H and O–H groups in total. The first-order valence-electron chi connectivity index (χ1n) is 4.91. The summed E-state index contributed by atoms with van der Waals surface area (Å²) in [7, 11) is 0. The molecule has 1 rings (SSSR count). The smallest absolute Gasteiger partial charge is 0.120 e. The van der Waals surface area contributed by atoms with E-state index in [-0.39, 0.29) is 0 Å². The van der Waals surface area contributed by atoms with Gasteiger partial charge in [-0.25, -0.2) is 0 Å². The molecule has 0 bridgehead atoms. The summed E-state index contributed by atoms with van der Waals surface area (Å²) in [6.07, 6.45) is 1.06. The van der Waals surface area contributed by atoms with Gasteiger partial charge in [-0.2, -0.15) is 0 Å². The maximum Gasteiger partial charge on any atom is 0.120 e. The molecule has 0 saturated carbocycles. The summed E-state index contributed by atoms with van der Waals surface area (Å²) < 4.78 is 5.41. The summed E-state index contributed by atoms with van der Waals surface area (Å²) in [6, 6.07) is 8.99. The van der Waals surface area contributed by atoms with Gasteiger partial charge in [0, 0.05) is 0 Å². The van der Waals surface area contributed by atoms with Crippen molar-refractivity contribution in [2.75, 3.05) is 12.5 Å². The molecule has 0 unspecified atom stereocenters. The normalized spacial score (nSPS) is 10.6. The van der Waals surface area contributed by atoms with Crippen LogP contribution in [-0.4, -0.2) is 12.5 Å². The lowest BCUT2D eigenvalue weighted by molar-refractivity contribution is 0.342. The van der Waals surface area contributed by atoms with Gasteiger partial charge in [-0.15, -0.1) is 11.6 Å². The van der Waals surface area contributed by atoms with Gasteiger partial charge in [0.15, 0.2) is 0 Å². The zero-order valence-corrected chi connectivity index (χ0v) is 9.47. The van der Waals surface area contributed by atoms with Crippen LogP contribution in [0.2, 0.25) is 0 Å². The van der Waals surface area contributed by atoms with E-state index >= 15 is 0 Å². The van der Waals surface area contributed by atoms with Gasteiger partial charge in [-0.05, 0) is 36.1 Å². The van der Waals surface area contributed by atoms with Gasteiger partial charge in [0.2, 0.25) is 0 Å². The van der Waals surface area contributed by atoms with Crippen LogP contribution in [0, 0.1) is 12.0 Å². The summed E-state index contributed by atoms with van der Waals surface area (Å²) in [5, 5.41) is 0. The van der Waals surface area contributed by atoms with Crippen LogP contribution in [0.4, 0.5) is 0 Å². The minimum atomic E-state index is 0.522. The fourth-order valence-electron chi connectivity index (χ4n) is 1.33. The second kappa shape index (κ2) is 5.92. The largest absolute Gasteiger partial charge is 0.492 e. The molecule has 0 fully saturated rings. The molecule has 0 spiro atoms. The molecule has 0 heterocycles. The first kappa shape index (κ1) is 11.4. The van der Waals surface area contributed by atoms with E-state index in [1.165, 1.54) is 5.56 Å². The lowest BCUT2D eigenvalue weighted by Gasteiger charge is -2.07. The van der Waals surface area contributed by atoms with Crippen LogP contribution in [0.5, 0.6) is 5.75 Å². The molecular formula is C12H16ClO. The molecule has 0 amide bonds. The van der Waals surface area contributed by atoms with Crippen molar-refractivity contribution in [3.05, 3.63) is 29.8 Å². The second-order valence-electron chi connectivity index (χ2n) is 3.71. The summed E-state index contributed by atoms with van der Waals surface area (Å²) in [4.78, 5) is 0. The van der Waals surface area contributed by atoms with Crippen LogP contribution in [0.15, 0.2) is 18.2 Å². The summed E-state index contributed by atoms with van der Waals surface area (Å²) in [5.74, 6) is 2.05. The lowest BCUT2D eigenvalue weighted by Crippen LogP contribution is -1.99. The Labute approximate surface area is 91.0 Å². The maximum atomic E-state index is 5.54. The lowest BCUT2D eigenvalue weighted by atomic mass is 10.0. The average Bonchev–Trinajstić information content (AvgIpc) is 2.14. The zero-order valence-electron chi connectivity index (χ0n) is 8.72. The van der Waals surface area contributed by atoms with Crippen LogP contribution in [-0.2, 0) is 6.42 Å². The third kappa shape index (κ3) is 4.01. The summed E-state index contributed by atoms with van der Waals surface area (Å²) in [5.41, 5.74) is 1.27. The van der Waals surface area contributed by atoms with Crippen molar-refractivity contribution >= 4 is 11.6 Å². The highest BCUT2D eigenvalue weighted by Crippen LogP contribution is 2.15. The van der Waals surface area contributed by atoms with E-state index in [0.717, 1.165) is 12.2 Å². The summed E-state index contributed by atoms with van der Waals surface area (Å²) >= 11 is 5.54. The molecule has 1 aromatic rings. The SMILES string of the molecule is CC(C)Cc1c[c]cc(OCCCl)c1. The Bertz CT molecular complexity index is 271. The molecule has 1 nitrogen and oxygen atoms in total. The molecule has 0 aliphatic rings.